The summed E-state index contributed by atoms with van der Waals surface area (Å²) >= 11 is 0. The molecule has 0 spiro atoms. The molecule has 4 heterocycles. The number of para-hydroxylation sites is 2. The summed E-state index contributed by atoms with van der Waals surface area (Å²) in [5, 5.41) is 11.1. The molecule has 4 aliphatic heterocycles. The zero-order valence-corrected chi connectivity index (χ0v) is 62.2. The van der Waals surface area contributed by atoms with E-state index in [0.717, 1.165) is 131 Å². The summed E-state index contributed by atoms with van der Waals surface area (Å²) in [6.45, 7) is 18.5. The van der Waals surface area contributed by atoms with E-state index < -0.39 is 15.4 Å². The number of benzene rings is 5. The molecule has 0 aromatic heterocycles. The van der Waals surface area contributed by atoms with Crippen molar-refractivity contribution < 1.29 is 27.7 Å². The monoisotopic (exact) mass is 1350 g/mol. The highest BCUT2D eigenvalue weighted by Crippen LogP contribution is 2.51. The molecular weight excluding hydrogens is 1230 g/mol. The number of likely N-dealkylation sites (tertiary alicyclic amines) is 4. The Morgan fingerprint density at radius 1 is 0.480 bits per heavy atom. The Labute approximate surface area is 592 Å². The smallest absolute Gasteiger partial charge is 0.175 e. The van der Waals surface area contributed by atoms with Crippen molar-refractivity contribution in [2.75, 3.05) is 72.8 Å². The number of aryl methyl sites for hydroxylation is 1. The van der Waals surface area contributed by atoms with Crippen molar-refractivity contribution in [3.05, 3.63) is 143 Å². The summed E-state index contributed by atoms with van der Waals surface area (Å²) in [4.78, 5) is 11.4. The number of piperidine rings is 4. The molecule has 6 bridgehead atoms. The number of nitrogens with zero attached hydrogens (tertiary/aromatic N) is 4. The average Bonchev–Trinajstić information content (AvgIpc) is 1.74. The molecule has 5 aromatic carbocycles. The molecule has 4 saturated heterocycles. The Balaban J connectivity index is 0.000000120. The number of rotatable bonds is 16. The van der Waals surface area contributed by atoms with Crippen LogP contribution in [-0.4, -0.2) is 136 Å². The maximum Gasteiger partial charge on any atom is 0.175 e. The minimum atomic E-state index is -3.18. The molecule has 11 heteroatoms. The van der Waals surface area contributed by atoms with E-state index in [1.165, 1.54) is 210 Å². The third-order valence-electron chi connectivity index (χ3n) is 27.0. The van der Waals surface area contributed by atoms with Gasteiger partial charge in [-0.05, 0) is 324 Å². The molecule has 11 fully saturated rings. The van der Waals surface area contributed by atoms with Crippen LogP contribution in [0, 0.1) is 48.3 Å². The van der Waals surface area contributed by atoms with Crippen molar-refractivity contribution in [3.63, 3.8) is 0 Å². The first kappa shape index (κ1) is 71.6. The molecule has 534 valence electrons. The lowest BCUT2D eigenvalue weighted by atomic mass is 9.81. The molecule has 9 atom stereocenters. The van der Waals surface area contributed by atoms with Crippen molar-refractivity contribution in [1.29, 1.82) is 0 Å². The van der Waals surface area contributed by atoms with E-state index in [1.807, 2.05) is 36.4 Å². The zero-order chi connectivity index (χ0) is 67.9. The summed E-state index contributed by atoms with van der Waals surface area (Å²) in [6, 6.07) is 42.7. The zero-order valence-electron chi connectivity index (χ0n) is 61.4. The maximum atomic E-state index is 11.8. The SMILES string of the molecule is CC(C)Oc1ccccc1C1CCN([C@H]2C[C@H]3CC[C@H]2C3)CC1.CCCC1CCC(N2CCC(c3cc(-c4ccc(S(C)(=O)=O)cc4)ccc3OC)CC2)CC1.COc1ccccc1C1(O)CCN(C2CC3CCC2C3)CC1.Cc1ccccc1C1CCN([C@H]2C[C@H]3CC[C@H]2C3)CC1. The second kappa shape index (κ2) is 32.7. The highest BCUT2D eigenvalue weighted by atomic mass is 32.2. The van der Waals surface area contributed by atoms with E-state index in [1.54, 1.807) is 38.3 Å². The predicted octanol–water partition coefficient (Wildman–Crippen LogP) is 18.7. The van der Waals surface area contributed by atoms with Crippen LogP contribution in [0.5, 0.6) is 17.2 Å². The van der Waals surface area contributed by atoms with Gasteiger partial charge in [-0.2, -0.15) is 0 Å². The van der Waals surface area contributed by atoms with Crippen LogP contribution in [0.2, 0.25) is 0 Å². The summed E-state index contributed by atoms with van der Waals surface area (Å²) in [5.74, 6) is 12.0. The molecule has 7 aliphatic carbocycles. The molecule has 5 aromatic rings. The van der Waals surface area contributed by atoms with Crippen LogP contribution >= 0.6 is 0 Å². The lowest BCUT2D eigenvalue weighted by Gasteiger charge is -2.43. The van der Waals surface area contributed by atoms with Crippen LogP contribution in [0.1, 0.15) is 233 Å². The third kappa shape index (κ3) is 17.0. The van der Waals surface area contributed by atoms with E-state index in [0.29, 0.717) is 16.7 Å². The molecule has 16 rings (SSSR count). The van der Waals surface area contributed by atoms with E-state index in [9.17, 15) is 13.5 Å². The highest BCUT2D eigenvalue weighted by molar-refractivity contribution is 7.90. The van der Waals surface area contributed by atoms with Crippen LogP contribution < -0.4 is 14.2 Å². The summed E-state index contributed by atoms with van der Waals surface area (Å²) in [5.41, 5.74) is 8.22. The molecule has 1 N–H and O–H groups in total. The Kier molecular flexibility index (Phi) is 23.9. The molecule has 10 nitrogen and oxygen atoms in total. The molecule has 0 radical (unpaired) electrons. The lowest BCUT2D eigenvalue weighted by Crippen LogP contribution is -2.48. The molecule has 0 amide bonds. The number of hydrogen-bond acceptors (Lipinski definition) is 10. The van der Waals surface area contributed by atoms with E-state index in [-0.39, 0.29) is 6.10 Å². The molecule has 7 saturated carbocycles. The van der Waals surface area contributed by atoms with Gasteiger partial charge in [-0.3, -0.25) is 4.90 Å². The fourth-order valence-electron chi connectivity index (χ4n) is 21.7. The van der Waals surface area contributed by atoms with Gasteiger partial charge in [0.1, 0.15) is 17.2 Å². The summed E-state index contributed by atoms with van der Waals surface area (Å²) in [6.07, 6.45) is 37.0. The fraction of sp³-hybridized carbons (Fsp3) is 0.655. The largest absolute Gasteiger partial charge is 0.496 e. The van der Waals surface area contributed by atoms with E-state index in [4.69, 9.17) is 14.2 Å². The number of fused-ring (bicyclic) bond motifs is 6. The second-order valence-corrected chi connectivity index (χ2v) is 35.2. The number of hydrogen-bond donors (Lipinski definition) is 1. The number of methoxy groups -OCH3 is 2. The van der Waals surface area contributed by atoms with Gasteiger partial charge in [0.25, 0.3) is 0 Å². The van der Waals surface area contributed by atoms with Gasteiger partial charge in [0.05, 0.1) is 30.8 Å². The minimum Gasteiger partial charge on any atom is -0.496 e. The lowest BCUT2D eigenvalue weighted by molar-refractivity contribution is -0.0426. The first-order valence-electron chi connectivity index (χ1n) is 39.7. The van der Waals surface area contributed by atoms with E-state index in [2.05, 4.69) is 114 Å². The number of ether oxygens (including phenoxy) is 3. The second-order valence-electron chi connectivity index (χ2n) is 33.2. The van der Waals surface area contributed by atoms with Crippen LogP contribution in [0.3, 0.4) is 0 Å². The Morgan fingerprint density at radius 2 is 0.939 bits per heavy atom. The Hall–Kier alpha value is -4.75. The van der Waals surface area contributed by atoms with Crippen LogP contribution in [0.4, 0.5) is 0 Å². The summed E-state index contributed by atoms with van der Waals surface area (Å²) in [7, 11) is 0.257. The van der Waals surface area contributed by atoms with Crippen molar-refractivity contribution >= 4 is 9.84 Å². The van der Waals surface area contributed by atoms with Crippen molar-refractivity contribution in [2.24, 2.45) is 41.4 Å². The van der Waals surface area contributed by atoms with Gasteiger partial charge in [-0.25, -0.2) is 8.42 Å². The van der Waals surface area contributed by atoms with Gasteiger partial charge in [-0.15, -0.1) is 0 Å². The topological polar surface area (TPSA) is 95.0 Å². The quantitative estimate of drug-likeness (QED) is 0.103. The van der Waals surface area contributed by atoms with Gasteiger partial charge < -0.3 is 34.0 Å². The van der Waals surface area contributed by atoms with Crippen molar-refractivity contribution in [3.8, 4) is 28.4 Å². The fourth-order valence-corrected chi connectivity index (χ4v) is 22.3. The van der Waals surface area contributed by atoms with E-state index >= 15 is 0 Å². The van der Waals surface area contributed by atoms with Gasteiger partial charge in [-0.1, -0.05) is 118 Å². The normalized spacial score (nSPS) is 29.9. The van der Waals surface area contributed by atoms with Gasteiger partial charge in [0.15, 0.2) is 9.84 Å². The number of sulfone groups is 1. The van der Waals surface area contributed by atoms with Gasteiger partial charge >= 0.3 is 0 Å². The van der Waals surface area contributed by atoms with Crippen molar-refractivity contribution in [1.82, 2.24) is 19.6 Å². The number of aliphatic hydroxyl groups is 1. The first-order valence-corrected chi connectivity index (χ1v) is 41.6. The third-order valence-corrected chi connectivity index (χ3v) is 28.1. The average molecular weight is 1350 g/mol. The van der Waals surface area contributed by atoms with Gasteiger partial charge in [0, 0.05) is 49.1 Å². The van der Waals surface area contributed by atoms with Crippen LogP contribution in [0.25, 0.3) is 11.1 Å². The molecule has 11 aliphatic rings. The Morgan fingerprint density at radius 3 is 1.42 bits per heavy atom. The Bertz CT molecular complexity index is 3440. The minimum absolute atomic E-state index is 0.255. The van der Waals surface area contributed by atoms with Crippen LogP contribution in [0.15, 0.2) is 120 Å². The standard InChI is InChI=1S/C28H39NO3S.C21H31NO.C19H27NO2.C19H27N/c1-4-5-21-6-11-25(12-7-21)29-18-16-23(17-19-29)27-20-24(10-15-28(27)32-2)22-8-13-26(14-9-22)33(3,30)31;1-15(2)23-21-6-4-3-5-19(21)17-9-11-22(12-10-17)20-14-16-7-8-18(20)13-16;1-22-18-5-3-2-4-16(18)19(21)8-10-20(11-9-19)17-13-14-6-7-15(17)12-14;1-14-4-2-3-5-18(14)16-8-10-20(11-9-16)19-13-15-6-7-17(19)12-15/h8-10,13-15,20-21,23,25H,4-7,11-12,16-19H2,1-3H3;3-6,15-18,20H,7-14H2,1-2H3;2-5,14-15,17,21H,6-13H2,1H3;2-5,15-17,19H,6-13H2,1H3/t;16-,18-,20-;;15-,17-,19-/m.0.0/s1. The molecular formula is C87H124N4O6S. The van der Waals surface area contributed by atoms with Gasteiger partial charge in [0.2, 0.25) is 0 Å². The first-order chi connectivity index (χ1) is 47.6. The predicted molar refractivity (Wildman–Crippen MR) is 402 cm³/mol. The van der Waals surface area contributed by atoms with Crippen molar-refractivity contribution in [2.45, 2.75) is 253 Å². The molecule has 3 unspecified atom stereocenters. The highest BCUT2D eigenvalue weighted by Gasteiger charge is 2.47. The maximum absolute atomic E-state index is 11.8. The summed E-state index contributed by atoms with van der Waals surface area (Å²) < 4.78 is 40.8. The molecule has 98 heavy (non-hydrogen) atoms. The van der Waals surface area contributed by atoms with Crippen LogP contribution in [-0.2, 0) is 15.4 Å².